The zero-order valence-electron chi connectivity index (χ0n) is 11.0. The van der Waals surface area contributed by atoms with E-state index in [2.05, 4.69) is 11.4 Å². The van der Waals surface area contributed by atoms with Crippen LogP contribution in [0.25, 0.3) is 11.1 Å². The Morgan fingerprint density at radius 1 is 1.10 bits per heavy atom. The molecule has 0 aliphatic rings. The van der Waals surface area contributed by atoms with Crippen molar-refractivity contribution in [2.45, 2.75) is 6.10 Å². The molecule has 0 spiro atoms. The van der Waals surface area contributed by atoms with Gasteiger partial charge in [-0.15, -0.1) is 0 Å². The van der Waals surface area contributed by atoms with Crippen LogP contribution in [0.4, 0.5) is 5.69 Å². The average molecular weight is 268 g/mol. The van der Waals surface area contributed by atoms with Crippen LogP contribution in [0.1, 0.15) is 5.56 Å². The van der Waals surface area contributed by atoms with Crippen LogP contribution < -0.4 is 5.32 Å². The van der Waals surface area contributed by atoms with E-state index in [4.69, 9.17) is 10.4 Å². The predicted octanol–water partition coefficient (Wildman–Crippen LogP) is 1.99. The first-order valence-electron chi connectivity index (χ1n) is 6.37. The number of nitrogens with zero attached hydrogens (tertiary/aromatic N) is 1. The minimum absolute atomic E-state index is 0.272. The SMILES string of the molecule is N#Cc1ccc(-c2ccccc2NCC(O)CO)cc1. The molecule has 0 amide bonds. The zero-order valence-corrected chi connectivity index (χ0v) is 11.0. The number of hydrogen-bond donors (Lipinski definition) is 3. The Balaban J connectivity index is 2.24. The summed E-state index contributed by atoms with van der Waals surface area (Å²) in [5, 5.41) is 30.2. The number of hydrogen-bond acceptors (Lipinski definition) is 4. The summed E-state index contributed by atoms with van der Waals surface area (Å²) in [6.45, 7) is 0.00975. The number of para-hydroxylation sites is 1. The first-order chi connectivity index (χ1) is 9.74. The number of rotatable bonds is 5. The van der Waals surface area contributed by atoms with E-state index in [0.717, 1.165) is 16.8 Å². The molecule has 0 aliphatic carbocycles. The van der Waals surface area contributed by atoms with Crippen molar-refractivity contribution in [1.29, 1.82) is 5.26 Å². The lowest BCUT2D eigenvalue weighted by atomic mass is 10.0. The van der Waals surface area contributed by atoms with Crippen molar-refractivity contribution in [3.8, 4) is 17.2 Å². The molecule has 4 nitrogen and oxygen atoms in total. The Morgan fingerprint density at radius 2 is 1.80 bits per heavy atom. The fourth-order valence-electron chi connectivity index (χ4n) is 1.91. The summed E-state index contributed by atoms with van der Waals surface area (Å²) < 4.78 is 0. The molecule has 0 aromatic heterocycles. The van der Waals surface area contributed by atoms with Crippen molar-refractivity contribution in [3.63, 3.8) is 0 Å². The Hall–Kier alpha value is -2.35. The van der Waals surface area contributed by atoms with Crippen molar-refractivity contribution in [3.05, 3.63) is 54.1 Å². The van der Waals surface area contributed by atoms with E-state index >= 15 is 0 Å². The lowest BCUT2D eigenvalue weighted by molar-refractivity contribution is 0.105. The molecule has 3 N–H and O–H groups in total. The van der Waals surface area contributed by atoms with Gasteiger partial charge in [-0.25, -0.2) is 0 Å². The molecule has 2 aromatic rings. The third-order valence-corrected chi connectivity index (χ3v) is 2.99. The number of nitriles is 1. The summed E-state index contributed by atoms with van der Waals surface area (Å²) in [7, 11) is 0. The molecule has 4 heteroatoms. The minimum Gasteiger partial charge on any atom is -0.394 e. The molecule has 0 heterocycles. The summed E-state index contributed by atoms with van der Waals surface area (Å²) in [5.74, 6) is 0. The molecular weight excluding hydrogens is 252 g/mol. The zero-order chi connectivity index (χ0) is 14.4. The maximum absolute atomic E-state index is 9.40. The maximum Gasteiger partial charge on any atom is 0.0991 e. The fourth-order valence-corrected chi connectivity index (χ4v) is 1.91. The summed E-state index contributed by atoms with van der Waals surface area (Å²) >= 11 is 0. The van der Waals surface area contributed by atoms with Crippen LogP contribution in [0.15, 0.2) is 48.5 Å². The molecule has 0 saturated heterocycles. The van der Waals surface area contributed by atoms with Gasteiger partial charge in [-0.05, 0) is 23.8 Å². The fraction of sp³-hybridized carbons (Fsp3) is 0.188. The van der Waals surface area contributed by atoms with Crippen LogP contribution in [-0.2, 0) is 0 Å². The second-order valence-corrected chi connectivity index (χ2v) is 4.45. The molecule has 2 rings (SSSR count). The van der Waals surface area contributed by atoms with Gasteiger partial charge in [-0.1, -0.05) is 30.3 Å². The van der Waals surface area contributed by atoms with Crippen LogP contribution in [0.3, 0.4) is 0 Å². The largest absolute Gasteiger partial charge is 0.394 e. The molecule has 0 fully saturated rings. The van der Waals surface area contributed by atoms with Gasteiger partial charge in [0.1, 0.15) is 0 Å². The van der Waals surface area contributed by atoms with Gasteiger partial charge in [0.2, 0.25) is 0 Å². The number of nitrogens with one attached hydrogen (secondary N) is 1. The molecular formula is C16H16N2O2. The Bertz CT molecular complexity index is 603. The van der Waals surface area contributed by atoms with E-state index in [-0.39, 0.29) is 13.2 Å². The quantitative estimate of drug-likeness (QED) is 0.775. The van der Waals surface area contributed by atoms with Crippen molar-refractivity contribution in [2.75, 3.05) is 18.5 Å². The standard InChI is InChI=1S/C16H16N2O2/c17-9-12-5-7-13(8-6-12)15-3-1-2-4-16(15)18-10-14(20)11-19/h1-8,14,18-20H,10-11H2. The number of anilines is 1. The van der Waals surface area contributed by atoms with E-state index in [1.165, 1.54) is 0 Å². The highest BCUT2D eigenvalue weighted by atomic mass is 16.3. The van der Waals surface area contributed by atoms with Gasteiger partial charge in [0.15, 0.2) is 0 Å². The van der Waals surface area contributed by atoms with Crippen molar-refractivity contribution >= 4 is 5.69 Å². The number of aliphatic hydroxyl groups is 2. The van der Waals surface area contributed by atoms with Gasteiger partial charge < -0.3 is 15.5 Å². The topological polar surface area (TPSA) is 76.3 Å². The van der Waals surface area contributed by atoms with Crippen LogP contribution in [0, 0.1) is 11.3 Å². The normalized spacial score (nSPS) is 11.7. The second-order valence-electron chi connectivity index (χ2n) is 4.45. The molecule has 0 saturated carbocycles. The molecule has 1 atom stereocenters. The van der Waals surface area contributed by atoms with Crippen LogP contribution in [0.2, 0.25) is 0 Å². The molecule has 1 unspecified atom stereocenters. The Morgan fingerprint density at radius 3 is 2.45 bits per heavy atom. The highest BCUT2D eigenvalue weighted by Gasteiger charge is 2.06. The first kappa shape index (κ1) is 14.1. The van der Waals surface area contributed by atoms with Crippen LogP contribution >= 0.6 is 0 Å². The van der Waals surface area contributed by atoms with Crippen LogP contribution in [0.5, 0.6) is 0 Å². The summed E-state index contributed by atoms with van der Waals surface area (Å²) in [5.41, 5.74) is 3.48. The van der Waals surface area contributed by atoms with Gasteiger partial charge in [0, 0.05) is 17.8 Å². The smallest absolute Gasteiger partial charge is 0.0991 e. The third kappa shape index (κ3) is 3.35. The van der Waals surface area contributed by atoms with Gasteiger partial charge in [0.05, 0.1) is 24.3 Å². The Kier molecular flexibility index (Phi) is 4.72. The van der Waals surface area contributed by atoms with E-state index < -0.39 is 6.10 Å². The molecule has 20 heavy (non-hydrogen) atoms. The molecule has 2 aromatic carbocycles. The van der Waals surface area contributed by atoms with Crippen molar-refractivity contribution in [1.82, 2.24) is 0 Å². The number of aliphatic hydroxyl groups excluding tert-OH is 2. The summed E-state index contributed by atoms with van der Waals surface area (Å²) in [4.78, 5) is 0. The van der Waals surface area contributed by atoms with Gasteiger partial charge >= 0.3 is 0 Å². The third-order valence-electron chi connectivity index (χ3n) is 2.99. The van der Waals surface area contributed by atoms with Crippen LogP contribution in [-0.4, -0.2) is 29.5 Å². The van der Waals surface area contributed by atoms with E-state index in [1.807, 2.05) is 36.4 Å². The molecule has 0 aliphatic heterocycles. The average Bonchev–Trinajstić information content (AvgIpc) is 2.53. The maximum atomic E-state index is 9.40. The highest BCUT2D eigenvalue weighted by Crippen LogP contribution is 2.27. The van der Waals surface area contributed by atoms with E-state index in [9.17, 15) is 5.11 Å². The lowest BCUT2D eigenvalue weighted by Gasteiger charge is -2.14. The molecule has 0 bridgehead atoms. The van der Waals surface area contributed by atoms with Gasteiger partial charge in [-0.3, -0.25) is 0 Å². The Labute approximate surface area is 117 Å². The van der Waals surface area contributed by atoms with Crippen molar-refractivity contribution < 1.29 is 10.2 Å². The lowest BCUT2D eigenvalue weighted by Crippen LogP contribution is -2.23. The van der Waals surface area contributed by atoms with E-state index in [0.29, 0.717) is 5.56 Å². The summed E-state index contributed by atoms with van der Waals surface area (Å²) in [6, 6.07) is 17.1. The highest BCUT2D eigenvalue weighted by molar-refractivity contribution is 5.78. The summed E-state index contributed by atoms with van der Waals surface area (Å²) in [6.07, 6.45) is -0.788. The van der Waals surface area contributed by atoms with Gasteiger partial charge in [0.25, 0.3) is 0 Å². The predicted molar refractivity (Wildman–Crippen MR) is 78.2 cm³/mol. The first-order valence-corrected chi connectivity index (χ1v) is 6.37. The monoisotopic (exact) mass is 268 g/mol. The van der Waals surface area contributed by atoms with Gasteiger partial charge in [-0.2, -0.15) is 5.26 Å². The molecule has 0 radical (unpaired) electrons. The van der Waals surface area contributed by atoms with Crippen molar-refractivity contribution in [2.24, 2.45) is 0 Å². The molecule has 102 valence electrons. The minimum atomic E-state index is -0.788. The second kappa shape index (κ2) is 6.71. The number of benzene rings is 2. The van der Waals surface area contributed by atoms with E-state index in [1.54, 1.807) is 12.1 Å².